The van der Waals surface area contributed by atoms with Gasteiger partial charge >= 0.3 is 0 Å². The third kappa shape index (κ3) is 2.77. The van der Waals surface area contributed by atoms with Gasteiger partial charge < -0.3 is 0 Å². The van der Waals surface area contributed by atoms with E-state index in [1.165, 1.54) is 0 Å². The minimum Gasteiger partial charge on any atom is -0.290 e. The van der Waals surface area contributed by atoms with Gasteiger partial charge in [-0.2, -0.15) is 5.10 Å². The van der Waals surface area contributed by atoms with Gasteiger partial charge in [-0.15, -0.1) is 0 Å². The number of fused-ring (bicyclic) bond motifs is 1. The molecule has 0 spiro atoms. The number of hydrogen-bond acceptors (Lipinski definition) is 5. The van der Waals surface area contributed by atoms with Crippen molar-refractivity contribution in [1.82, 2.24) is 24.7 Å². The van der Waals surface area contributed by atoms with Crippen LogP contribution in [0, 0.1) is 20.8 Å². The highest BCUT2D eigenvalue weighted by Gasteiger charge is 2.19. The Morgan fingerprint density at radius 3 is 2.70 bits per heavy atom. The summed E-state index contributed by atoms with van der Waals surface area (Å²) in [5.41, 5.74) is 3.60. The number of pyridine rings is 1. The largest absolute Gasteiger partial charge is 0.290 e. The number of hydrogen-bond donors (Lipinski definition) is 1. The number of anilines is 1. The van der Waals surface area contributed by atoms with Gasteiger partial charge in [-0.25, -0.2) is 19.6 Å². The van der Waals surface area contributed by atoms with Crippen LogP contribution >= 0.6 is 0 Å². The molecular weight excluding hydrogens is 292 g/mol. The van der Waals surface area contributed by atoms with Crippen LogP contribution in [0.1, 0.15) is 34.4 Å². The Hall–Kier alpha value is -2.83. The van der Waals surface area contributed by atoms with E-state index in [0.717, 1.165) is 28.1 Å². The van der Waals surface area contributed by atoms with E-state index in [1.807, 2.05) is 27.7 Å². The maximum absolute atomic E-state index is 12.7. The molecule has 0 aliphatic carbocycles. The molecule has 1 amide bonds. The van der Waals surface area contributed by atoms with Crippen LogP contribution < -0.4 is 5.32 Å². The van der Waals surface area contributed by atoms with Crippen molar-refractivity contribution in [3.8, 4) is 0 Å². The fourth-order valence-corrected chi connectivity index (χ4v) is 2.56. The molecule has 0 aliphatic rings. The zero-order valence-corrected chi connectivity index (χ0v) is 13.6. The molecule has 0 fully saturated rings. The molecule has 1 N–H and O–H groups in total. The summed E-state index contributed by atoms with van der Waals surface area (Å²) in [4.78, 5) is 25.5. The average molecular weight is 310 g/mol. The molecular formula is C16H18N6O. The molecule has 0 saturated carbocycles. The maximum Gasteiger partial charge on any atom is 0.258 e. The molecule has 3 rings (SSSR count). The number of nitrogens with zero attached hydrogens (tertiary/aromatic N) is 5. The van der Waals surface area contributed by atoms with E-state index in [1.54, 1.807) is 23.0 Å². The van der Waals surface area contributed by atoms with Crippen molar-refractivity contribution in [2.45, 2.75) is 34.2 Å². The predicted octanol–water partition coefficient (Wildman–Crippen LogP) is 2.42. The van der Waals surface area contributed by atoms with Crippen LogP contribution in [0.4, 0.5) is 5.95 Å². The Bertz CT molecular complexity index is 899. The third-order valence-corrected chi connectivity index (χ3v) is 3.57. The number of nitrogens with one attached hydrogen (secondary N) is 1. The fraction of sp³-hybridized carbons (Fsp3) is 0.312. The Kier molecular flexibility index (Phi) is 3.77. The van der Waals surface area contributed by atoms with Crippen LogP contribution in [-0.2, 0) is 6.54 Å². The van der Waals surface area contributed by atoms with Gasteiger partial charge in [0, 0.05) is 24.1 Å². The van der Waals surface area contributed by atoms with Crippen molar-refractivity contribution < 1.29 is 4.79 Å². The summed E-state index contributed by atoms with van der Waals surface area (Å²) in [7, 11) is 0. The summed E-state index contributed by atoms with van der Waals surface area (Å²) in [6.45, 7) is 8.29. The first-order valence-corrected chi connectivity index (χ1v) is 7.45. The second-order valence-corrected chi connectivity index (χ2v) is 5.39. The SMILES string of the molecule is CCn1nc(C)c2c(C(=O)Nc3nccc(C)n3)cc(C)nc21. The van der Waals surface area contributed by atoms with E-state index in [2.05, 4.69) is 25.4 Å². The second-order valence-electron chi connectivity index (χ2n) is 5.39. The van der Waals surface area contributed by atoms with Gasteiger partial charge in [-0.1, -0.05) is 0 Å². The quantitative estimate of drug-likeness (QED) is 0.803. The number of aromatic nitrogens is 5. The Labute approximate surface area is 133 Å². The maximum atomic E-state index is 12.7. The van der Waals surface area contributed by atoms with Crippen LogP contribution in [0.3, 0.4) is 0 Å². The summed E-state index contributed by atoms with van der Waals surface area (Å²) in [5, 5.41) is 7.97. The normalized spacial score (nSPS) is 11.0. The topological polar surface area (TPSA) is 85.6 Å². The fourth-order valence-electron chi connectivity index (χ4n) is 2.56. The highest BCUT2D eigenvalue weighted by atomic mass is 16.1. The van der Waals surface area contributed by atoms with E-state index in [-0.39, 0.29) is 11.9 Å². The number of aryl methyl sites for hydroxylation is 4. The van der Waals surface area contributed by atoms with Crippen molar-refractivity contribution in [3.05, 3.63) is 41.0 Å². The van der Waals surface area contributed by atoms with Crippen molar-refractivity contribution in [2.24, 2.45) is 0 Å². The number of rotatable bonds is 3. The smallest absolute Gasteiger partial charge is 0.258 e. The lowest BCUT2D eigenvalue weighted by Gasteiger charge is -2.07. The predicted molar refractivity (Wildman–Crippen MR) is 87.4 cm³/mol. The van der Waals surface area contributed by atoms with Gasteiger partial charge in [0.1, 0.15) is 0 Å². The van der Waals surface area contributed by atoms with Crippen LogP contribution in [-0.4, -0.2) is 30.6 Å². The lowest BCUT2D eigenvalue weighted by Crippen LogP contribution is -2.15. The van der Waals surface area contributed by atoms with E-state index < -0.39 is 0 Å². The van der Waals surface area contributed by atoms with E-state index in [0.29, 0.717) is 12.1 Å². The average Bonchev–Trinajstić information content (AvgIpc) is 2.82. The number of carbonyl (C=O) groups is 1. The first-order valence-electron chi connectivity index (χ1n) is 7.45. The van der Waals surface area contributed by atoms with Gasteiger partial charge in [0.25, 0.3) is 5.91 Å². The molecule has 7 nitrogen and oxygen atoms in total. The molecule has 3 heterocycles. The summed E-state index contributed by atoms with van der Waals surface area (Å²) in [6, 6.07) is 3.54. The van der Waals surface area contributed by atoms with Crippen LogP contribution in [0.25, 0.3) is 11.0 Å². The molecule has 0 atom stereocenters. The lowest BCUT2D eigenvalue weighted by molar-refractivity contribution is 0.102. The number of carbonyl (C=O) groups excluding carboxylic acids is 1. The molecule has 0 saturated heterocycles. The first-order chi connectivity index (χ1) is 11.0. The van der Waals surface area contributed by atoms with Crippen molar-refractivity contribution in [2.75, 3.05) is 5.32 Å². The number of amides is 1. The molecule has 7 heteroatoms. The molecule has 0 bridgehead atoms. The molecule has 0 aliphatic heterocycles. The van der Waals surface area contributed by atoms with Crippen LogP contribution in [0.15, 0.2) is 18.3 Å². The minimum atomic E-state index is -0.259. The Morgan fingerprint density at radius 2 is 2.00 bits per heavy atom. The molecule has 0 radical (unpaired) electrons. The minimum absolute atomic E-state index is 0.259. The standard InChI is InChI=1S/C16H18N6O/c1-5-22-14-13(11(4)21-22)12(8-10(3)18-14)15(23)20-16-17-7-6-9(2)19-16/h6-8H,5H2,1-4H3,(H,17,19,20,23). The first kappa shape index (κ1) is 15.1. The molecule has 118 valence electrons. The summed E-state index contributed by atoms with van der Waals surface area (Å²) < 4.78 is 1.80. The monoisotopic (exact) mass is 310 g/mol. The molecule has 3 aromatic rings. The van der Waals surface area contributed by atoms with Gasteiger partial charge in [0.15, 0.2) is 5.65 Å². The van der Waals surface area contributed by atoms with E-state index in [4.69, 9.17) is 0 Å². The van der Waals surface area contributed by atoms with Gasteiger partial charge in [0.2, 0.25) is 5.95 Å². The second kappa shape index (κ2) is 5.75. The Morgan fingerprint density at radius 1 is 1.22 bits per heavy atom. The summed E-state index contributed by atoms with van der Waals surface area (Å²) >= 11 is 0. The van der Waals surface area contributed by atoms with E-state index >= 15 is 0 Å². The van der Waals surface area contributed by atoms with Crippen molar-refractivity contribution >= 4 is 22.9 Å². The molecule has 3 aromatic heterocycles. The van der Waals surface area contributed by atoms with E-state index in [9.17, 15) is 4.79 Å². The van der Waals surface area contributed by atoms with Crippen LogP contribution in [0.2, 0.25) is 0 Å². The van der Waals surface area contributed by atoms with Crippen molar-refractivity contribution in [3.63, 3.8) is 0 Å². The molecule has 0 aromatic carbocycles. The molecule has 0 unspecified atom stereocenters. The summed E-state index contributed by atoms with van der Waals surface area (Å²) in [5.74, 6) is 0.0306. The van der Waals surface area contributed by atoms with Crippen molar-refractivity contribution in [1.29, 1.82) is 0 Å². The van der Waals surface area contributed by atoms with Gasteiger partial charge in [-0.05, 0) is 39.8 Å². The zero-order chi connectivity index (χ0) is 16.6. The van der Waals surface area contributed by atoms with Gasteiger partial charge in [0.05, 0.1) is 16.6 Å². The zero-order valence-electron chi connectivity index (χ0n) is 13.6. The Balaban J connectivity index is 2.08. The van der Waals surface area contributed by atoms with Gasteiger partial charge in [-0.3, -0.25) is 10.1 Å². The highest BCUT2D eigenvalue weighted by Crippen LogP contribution is 2.23. The summed E-state index contributed by atoms with van der Waals surface area (Å²) in [6.07, 6.45) is 1.62. The highest BCUT2D eigenvalue weighted by molar-refractivity contribution is 6.12. The third-order valence-electron chi connectivity index (χ3n) is 3.57. The lowest BCUT2D eigenvalue weighted by atomic mass is 10.1. The molecule has 23 heavy (non-hydrogen) atoms. The van der Waals surface area contributed by atoms with Crippen LogP contribution in [0.5, 0.6) is 0 Å².